The quantitative estimate of drug-likeness (QED) is 0.478. The normalized spacial score (nSPS) is 11.6. The first-order valence-corrected chi connectivity index (χ1v) is 6.32. The molecule has 0 aromatic carbocycles. The van der Waals surface area contributed by atoms with Crippen LogP contribution in [-0.2, 0) is 14.8 Å². The third kappa shape index (κ3) is 4.27. The molecule has 0 amide bonds. The number of aliphatic hydroxyl groups is 1. The fourth-order valence-electron chi connectivity index (χ4n) is 1.03. The summed E-state index contributed by atoms with van der Waals surface area (Å²) in [6.45, 7) is 0.228. The van der Waals surface area contributed by atoms with Gasteiger partial charge in [-0.3, -0.25) is 4.79 Å². The second-order valence-electron chi connectivity index (χ2n) is 3.01. The van der Waals surface area contributed by atoms with Crippen LogP contribution in [0.3, 0.4) is 0 Å². The highest BCUT2D eigenvalue weighted by molar-refractivity contribution is 7.89. The van der Waals surface area contributed by atoms with Gasteiger partial charge in [-0.2, -0.15) is 0 Å². The van der Waals surface area contributed by atoms with Gasteiger partial charge in [0, 0.05) is 6.54 Å². The maximum absolute atomic E-state index is 11.6. The van der Waals surface area contributed by atoms with Gasteiger partial charge in [-0.05, 0) is 12.1 Å². The van der Waals surface area contributed by atoms with Crippen molar-refractivity contribution >= 4 is 16.3 Å². The highest BCUT2D eigenvalue weighted by Gasteiger charge is 2.17. The molecule has 0 spiro atoms. The summed E-state index contributed by atoms with van der Waals surface area (Å²) in [7, 11) is -3.75. The molecule has 8 heteroatoms. The van der Waals surface area contributed by atoms with Crippen LogP contribution in [0.2, 0.25) is 0 Å². The first-order chi connectivity index (χ1) is 8.10. The van der Waals surface area contributed by atoms with Crippen molar-refractivity contribution in [3.05, 3.63) is 17.9 Å². The first kappa shape index (κ1) is 13.8. The Morgan fingerprint density at radius 2 is 2.18 bits per heavy atom. The van der Waals surface area contributed by atoms with Gasteiger partial charge in [0.05, 0.1) is 19.8 Å². The van der Waals surface area contributed by atoms with Gasteiger partial charge in [0.25, 0.3) is 10.0 Å². The first-order valence-electron chi connectivity index (χ1n) is 4.83. The van der Waals surface area contributed by atoms with Crippen molar-refractivity contribution in [2.24, 2.45) is 0 Å². The Hall–Kier alpha value is -1.22. The van der Waals surface area contributed by atoms with Crippen LogP contribution < -0.4 is 4.72 Å². The minimum Gasteiger partial charge on any atom is -0.440 e. The summed E-state index contributed by atoms with van der Waals surface area (Å²) in [5.41, 5.74) is 0. The van der Waals surface area contributed by atoms with Crippen LogP contribution >= 0.6 is 0 Å². The van der Waals surface area contributed by atoms with E-state index in [-0.39, 0.29) is 37.2 Å². The van der Waals surface area contributed by atoms with E-state index < -0.39 is 10.0 Å². The Morgan fingerprint density at radius 1 is 1.41 bits per heavy atom. The molecule has 7 nitrogen and oxygen atoms in total. The third-order valence-electron chi connectivity index (χ3n) is 1.76. The molecule has 0 saturated heterocycles. The fraction of sp³-hybridized carbons (Fsp3) is 0.444. The summed E-state index contributed by atoms with van der Waals surface area (Å²) in [6.07, 6.45) is 0.420. The van der Waals surface area contributed by atoms with E-state index in [0.717, 1.165) is 0 Å². The number of furan rings is 1. The average Bonchev–Trinajstić information content (AvgIpc) is 2.78. The van der Waals surface area contributed by atoms with Gasteiger partial charge in [-0.15, -0.1) is 0 Å². The molecular formula is C9H13NO6S. The van der Waals surface area contributed by atoms with E-state index in [2.05, 4.69) is 4.72 Å². The number of ether oxygens (including phenoxy) is 1. The molecule has 0 fully saturated rings. The number of aldehydes is 1. The fourth-order valence-corrected chi connectivity index (χ4v) is 1.98. The van der Waals surface area contributed by atoms with E-state index in [1.165, 1.54) is 12.1 Å². The molecule has 2 N–H and O–H groups in total. The third-order valence-corrected chi connectivity index (χ3v) is 3.09. The van der Waals surface area contributed by atoms with Gasteiger partial charge in [-0.25, -0.2) is 13.1 Å². The molecule has 17 heavy (non-hydrogen) atoms. The monoisotopic (exact) mass is 263 g/mol. The van der Waals surface area contributed by atoms with Crippen LogP contribution in [0.4, 0.5) is 0 Å². The minimum absolute atomic E-state index is 0.0538. The van der Waals surface area contributed by atoms with Crippen molar-refractivity contribution in [2.45, 2.75) is 5.09 Å². The van der Waals surface area contributed by atoms with Crippen molar-refractivity contribution < 1.29 is 27.5 Å². The summed E-state index contributed by atoms with van der Waals surface area (Å²) >= 11 is 0. The maximum atomic E-state index is 11.6. The SMILES string of the molecule is O=Cc1ccc(S(=O)(=O)NCCOCCO)o1. The van der Waals surface area contributed by atoms with Crippen molar-refractivity contribution in [1.82, 2.24) is 4.72 Å². The molecule has 0 radical (unpaired) electrons. The lowest BCUT2D eigenvalue weighted by atomic mass is 10.5. The zero-order valence-electron chi connectivity index (χ0n) is 8.96. The van der Waals surface area contributed by atoms with Crippen LogP contribution in [0.25, 0.3) is 0 Å². The number of hydrogen-bond donors (Lipinski definition) is 2. The van der Waals surface area contributed by atoms with Gasteiger partial charge >= 0.3 is 0 Å². The van der Waals surface area contributed by atoms with E-state index in [1.807, 2.05) is 0 Å². The number of rotatable bonds is 8. The molecule has 1 aromatic heterocycles. The van der Waals surface area contributed by atoms with Crippen LogP contribution in [0, 0.1) is 0 Å². The molecule has 1 aromatic rings. The Morgan fingerprint density at radius 3 is 2.76 bits per heavy atom. The smallest absolute Gasteiger partial charge is 0.274 e. The van der Waals surface area contributed by atoms with E-state index >= 15 is 0 Å². The lowest BCUT2D eigenvalue weighted by molar-refractivity contribution is 0.0961. The van der Waals surface area contributed by atoms with Crippen molar-refractivity contribution in [3.63, 3.8) is 0 Å². The lowest BCUT2D eigenvalue weighted by Gasteiger charge is -2.04. The van der Waals surface area contributed by atoms with Crippen LogP contribution in [0.15, 0.2) is 21.6 Å². The Kier molecular flexibility index (Phi) is 5.29. The number of hydrogen-bond acceptors (Lipinski definition) is 6. The summed E-state index contributed by atoms with van der Waals surface area (Å²) < 4.78 is 35.0. The molecular weight excluding hydrogens is 250 g/mol. The summed E-state index contributed by atoms with van der Waals surface area (Å²) in [6, 6.07) is 2.46. The predicted octanol–water partition coefficient (Wildman–Crippen LogP) is -0.621. The standard InChI is InChI=1S/C9H13NO6S/c11-4-6-15-5-3-10-17(13,14)9-2-1-8(7-12)16-9/h1-2,7,10-11H,3-6H2. The van der Waals surface area contributed by atoms with Crippen LogP contribution in [0.1, 0.15) is 10.6 Å². The molecule has 0 aliphatic carbocycles. The predicted molar refractivity (Wildman–Crippen MR) is 57.2 cm³/mol. The van der Waals surface area contributed by atoms with Gasteiger partial charge in [0.2, 0.25) is 5.09 Å². The minimum atomic E-state index is -3.75. The second kappa shape index (κ2) is 6.50. The molecule has 0 aliphatic rings. The van der Waals surface area contributed by atoms with Gasteiger partial charge in [0.15, 0.2) is 12.0 Å². The number of aliphatic hydroxyl groups excluding tert-OH is 1. The second-order valence-corrected chi connectivity index (χ2v) is 4.71. The Balaban J connectivity index is 2.48. The molecule has 0 aliphatic heterocycles. The zero-order chi connectivity index (χ0) is 12.7. The van der Waals surface area contributed by atoms with Gasteiger partial charge < -0.3 is 14.3 Å². The molecule has 96 valence electrons. The van der Waals surface area contributed by atoms with Gasteiger partial charge in [-0.1, -0.05) is 0 Å². The lowest BCUT2D eigenvalue weighted by Crippen LogP contribution is -2.27. The highest BCUT2D eigenvalue weighted by Crippen LogP contribution is 2.11. The largest absolute Gasteiger partial charge is 0.440 e. The summed E-state index contributed by atoms with van der Waals surface area (Å²) in [5, 5.41) is 8.10. The highest BCUT2D eigenvalue weighted by atomic mass is 32.2. The van der Waals surface area contributed by atoms with E-state index in [9.17, 15) is 13.2 Å². The van der Waals surface area contributed by atoms with Crippen molar-refractivity contribution in [3.8, 4) is 0 Å². The summed E-state index contributed by atoms with van der Waals surface area (Å²) in [4.78, 5) is 10.3. The zero-order valence-corrected chi connectivity index (χ0v) is 9.77. The van der Waals surface area contributed by atoms with Crippen molar-refractivity contribution in [2.75, 3.05) is 26.4 Å². The van der Waals surface area contributed by atoms with Crippen LogP contribution in [-0.4, -0.2) is 46.2 Å². The van der Waals surface area contributed by atoms with Crippen LogP contribution in [0.5, 0.6) is 0 Å². The topological polar surface area (TPSA) is 106 Å². The number of nitrogens with one attached hydrogen (secondary N) is 1. The van der Waals surface area contributed by atoms with Crippen molar-refractivity contribution in [1.29, 1.82) is 0 Å². The number of carbonyl (C=O) groups excluding carboxylic acids is 1. The van der Waals surface area contributed by atoms with E-state index in [0.29, 0.717) is 6.29 Å². The number of carbonyl (C=O) groups is 1. The molecule has 0 unspecified atom stereocenters. The Bertz CT molecular complexity index is 452. The summed E-state index contributed by atoms with van der Waals surface area (Å²) in [5.74, 6) is -0.0538. The molecule has 0 saturated carbocycles. The Labute approximate surface area is 98.4 Å². The van der Waals surface area contributed by atoms with E-state index in [1.54, 1.807) is 0 Å². The van der Waals surface area contributed by atoms with Gasteiger partial charge in [0.1, 0.15) is 0 Å². The molecule has 1 rings (SSSR count). The molecule has 0 atom stereocenters. The molecule has 0 bridgehead atoms. The van der Waals surface area contributed by atoms with E-state index in [4.69, 9.17) is 14.3 Å². The maximum Gasteiger partial charge on any atom is 0.274 e. The molecule has 1 heterocycles. The number of sulfonamides is 1. The average molecular weight is 263 g/mol.